The van der Waals surface area contributed by atoms with Gasteiger partial charge in [-0.25, -0.2) is 4.39 Å². The largest absolute Gasteiger partial charge is 0.453 e. The number of rotatable bonds is 9. The van der Waals surface area contributed by atoms with Gasteiger partial charge in [-0.1, -0.05) is 55.5 Å². The van der Waals surface area contributed by atoms with Gasteiger partial charge in [0.25, 0.3) is 11.5 Å². The molecular weight excluding hydrogens is 614 g/mol. The standard InChI is InChI=1S/C37H36FN5O3S/c1-3-8-27-21-30(37(45)43(25-27)24-26-9-5-4-6-10-26)36(44)40-28-12-13-33(31(38)22-28)46-34-14-15-39-32-23-29(47-35(32)34)11-7-16-42-19-17-41(2)18-20-42/h4-6,9-10,12-15,21-23,25H,3,8,16-20,24H2,1-2H3,(H,40,44). The molecule has 1 aliphatic heterocycles. The number of piperazine rings is 1. The molecule has 6 rings (SSSR count). The maximum Gasteiger partial charge on any atom is 0.263 e. The van der Waals surface area contributed by atoms with E-state index in [4.69, 9.17) is 4.74 Å². The van der Waals surface area contributed by atoms with Crippen molar-refractivity contribution in [3.8, 4) is 23.3 Å². The molecule has 1 saturated heterocycles. The number of nitrogens with one attached hydrogen (secondary N) is 1. The Labute approximate surface area is 277 Å². The number of likely N-dealkylation sites (N-methyl/N-ethyl adjacent to an activating group) is 1. The van der Waals surface area contributed by atoms with E-state index in [0.29, 0.717) is 25.3 Å². The minimum absolute atomic E-state index is 0.00163. The summed E-state index contributed by atoms with van der Waals surface area (Å²) >= 11 is 1.45. The molecule has 5 aromatic rings. The molecule has 8 nitrogen and oxygen atoms in total. The number of halogens is 1. The number of fused-ring (bicyclic) bond motifs is 1. The molecule has 0 aliphatic carbocycles. The van der Waals surface area contributed by atoms with Crippen molar-refractivity contribution in [2.75, 3.05) is 45.1 Å². The first-order valence-electron chi connectivity index (χ1n) is 15.7. The number of carbonyl (C=O) groups excluding carboxylic acids is 1. The van der Waals surface area contributed by atoms with Crippen molar-refractivity contribution in [3.63, 3.8) is 0 Å². The van der Waals surface area contributed by atoms with E-state index in [2.05, 4.69) is 39.0 Å². The number of anilines is 1. The average Bonchev–Trinajstić information content (AvgIpc) is 3.49. The lowest BCUT2D eigenvalue weighted by Crippen LogP contribution is -2.44. The summed E-state index contributed by atoms with van der Waals surface area (Å²) in [4.78, 5) is 36.6. The molecule has 10 heteroatoms. The minimum Gasteiger partial charge on any atom is -0.453 e. The second-order valence-electron chi connectivity index (χ2n) is 11.6. The molecule has 0 bridgehead atoms. The van der Waals surface area contributed by atoms with Gasteiger partial charge < -0.3 is 19.5 Å². The van der Waals surface area contributed by atoms with Crippen LogP contribution in [0.4, 0.5) is 10.1 Å². The molecule has 1 amide bonds. The SMILES string of the molecule is CCCc1cc(C(=O)Nc2ccc(Oc3ccnc4cc(C#CCN5CCN(C)CC5)sc34)c(F)c2)c(=O)n(Cc2ccccc2)c1. The van der Waals surface area contributed by atoms with Gasteiger partial charge in [0, 0.05) is 56.4 Å². The first kappa shape index (κ1) is 32.1. The second-order valence-corrected chi connectivity index (χ2v) is 12.7. The fourth-order valence-electron chi connectivity index (χ4n) is 5.46. The number of hydrogen-bond donors (Lipinski definition) is 1. The lowest BCUT2D eigenvalue weighted by Gasteiger charge is -2.30. The third-order valence-corrected chi connectivity index (χ3v) is 9.07. The van der Waals surface area contributed by atoms with Crippen LogP contribution in [0.25, 0.3) is 10.2 Å². The van der Waals surface area contributed by atoms with E-state index in [1.165, 1.54) is 23.5 Å². The topological polar surface area (TPSA) is 79.7 Å². The quantitative estimate of drug-likeness (QED) is 0.191. The Morgan fingerprint density at radius 2 is 1.83 bits per heavy atom. The highest BCUT2D eigenvalue weighted by Crippen LogP contribution is 2.36. The van der Waals surface area contributed by atoms with Crippen molar-refractivity contribution in [1.82, 2.24) is 19.4 Å². The summed E-state index contributed by atoms with van der Waals surface area (Å²) in [6.45, 7) is 7.19. The maximum atomic E-state index is 15.3. The molecule has 47 heavy (non-hydrogen) atoms. The number of ether oxygens (including phenoxy) is 1. The number of benzene rings is 2. The monoisotopic (exact) mass is 649 g/mol. The highest BCUT2D eigenvalue weighted by Gasteiger charge is 2.17. The summed E-state index contributed by atoms with van der Waals surface area (Å²) in [7, 11) is 2.13. The predicted octanol–water partition coefficient (Wildman–Crippen LogP) is 6.24. The van der Waals surface area contributed by atoms with Crippen molar-refractivity contribution in [1.29, 1.82) is 0 Å². The summed E-state index contributed by atoms with van der Waals surface area (Å²) in [6.07, 6.45) is 5.00. The molecule has 0 spiro atoms. The lowest BCUT2D eigenvalue weighted by atomic mass is 10.1. The molecule has 3 aromatic heterocycles. The van der Waals surface area contributed by atoms with E-state index in [1.807, 2.05) is 43.3 Å². The van der Waals surface area contributed by atoms with Gasteiger partial charge >= 0.3 is 0 Å². The van der Waals surface area contributed by atoms with Crippen LogP contribution in [0.1, 0.15) is 39.7 Å². The lowest BCUT2D eigenvalue weighted by molar-refractivity contribution is 0.102. The van der Waals surface area contributed by atoms with Gasteiger partial charge in [0.1, 0.15) is 11.3 Å². The van der Waals surface area contributed by atoms with Crippen molar-refractivity contribution < 1.29 is 13.9 Å². The van der Waals surface area contributed by atoms with Crippen LogP contribution in [-0.2, 0) is 13.0 Å². The average molecular weight is 650 g/mol. The number of nitrogens with zero attached hydrogens (tertiary/aromatic N) is 4. The summed E-state index contributed by atoms with van der Waals surface area (Å²) in [5.74, 6) is 5.73. The van der Waals surface area contributed by atoms with E-state index >= 15 is 4.39 Å². The first-order valence-corrected chi connectivity index (χ1v) is 16.5. The summed E-state index contributed by atoms with van der Waals surface area (Å²) < 4.78 is 23.6. The van der Waals surface area contributed by atoms with Crippen LogP contribution in [0.15, 0.2) is 83.9 Å². The highest BCUT2D eigenvalue weighted by atomic mass is 32.1. The number of aryl methyl sites for hydroxylation is 1. The molecule has 1 N–H and O–H groups in total. The van der Waals surface area contributed by atoms with Crippen molar-refractivity contribution in [3.05, 3.63) is 117 Å². The van der Waals surface area contributed by atoms with Crippen molar-refractivity contribution in [2.45, 2.75) is 26.3 Å². The van der Waals surface area contributed by atoms with E-state index in [-0.39, 0.29) is 17.0 Å². The zero-order valence-electron chi connectivity index (χ0n) is 26.5. The number of hydrogen-bond acceptors (Lipinski definition) is 7. The fraction of sp³-hybridized carbons (Fsp3) is 0.270. The van der Waals surface area contributed by atoms with Crippen LogP contribution in [0.2, 0.25) is 0 Å². The van der Waals surface area contributed by atoms with Gasteiger partial charge in [-0.05, 0) is 48.9 Å². The van der Waals surface area contributed by atoms with Gasteiger partial charge in [0.15, 0.2) is 11.6 Å². The predicted molar refractivity (Wildman–Crippen MR) is 185 cm³/mol. The van der Waals surface area contributed by atoms with Gasteiger partial charge in [0.05, 0.1) is 28.2 Å². The van der Waals surface area contributed by atoms with E-state index in [1.54, 1.807) is 35.2 Å². The summed E-state index contributed by atoms with van der Waals surface area (Å²) in [5, 5.41) is 2.69. The number of pyridine rings is 2. The third-order valence-electron chi connectivity index (χ3n) is 8.02. The third kappa shape index (κ3) is 7.95. The van der Waals surface area contributed by atoms with Crippen LogP contribution in [0.5, 0.6) is 11.5 Å². The first-order chi connectivity index (χ1) is 22.9. The summed E-state index contributed by atoms with van der Waals surface area (Å²) in [6, 6.07) is 19.0. The van der Waals surface area contributed by atoms with E-state index in [0.717, 1.165) is 58.8 Å². The zero-order valence-corrected chi connectivity index (χ0v) is 27.3. The molecular formula is C37H36FN5O3S. The molecule has 0 saturated carbocycles. The van der Waals surface area contributed by atoms with Crippen molar-refractivity contribution >= 4 is 33.1 Å². The van der Waals surface area contributed by atoms with Crippen LogP contribution in [0.3, 0.4) is 0 Å². The van der Waals surface area contributed by atoms with E-state index < -0.39 is 17.3 Å². The maximum absolute atomic E-state index is 15.3. The Morgan fingerprint density at radius 3 is 2.60 bits per heavy atom. The number of thiophene rings is 1. The van der Waals surface area contributed by atoms with Crippen molar-refractivity contribution in [2.24, 2.45) is 0 Å². The molecule has 4 heterocycles. The fourth-order valence-corrected chi connectivity index (χ4v) is 6.40. The van der Waals surface area contributed by atoms with Gasteiger partial charge in [0.2, 0.25) is 0 Å². The zero-order chi connectivity index (χ0) is 32.8. The molecule has 0 unspecified atom stereocenters. The molecule has 2 aromatic carbocycles. The smallest absolute Gasteiger partial charge is 0.263 e. The molecule has 240 valence electrons. The highest BCUT2D eigenvalue weighted by molar-refractivity contribution is 7.19. The number of carbonyl (C=O) groups is 1. The molecule has 1 aliphatic rings. The van der Waals surface area contributed by atoms with Crippen LogP contribution < -0.4 is 15.6 Å². The minimum atomic E-state index is -0.655. The van der Waals surface area contributed by atoms with Gasteiger partial charge in [-0.3, -0.25) is 19.5 Å². The summed E-state index contributed by atoms with van der Waals surface area (Å²) in [5.41, 5.74) is 2.36. The Balaban J connectivity index is 1.16. The number of amides is 1. The number of aromatic nitrogens is 2. The van der Waals surface area contributed by atoms with Crippen LogP contribution in [0, 0.1) is 17.7 Å². The Hall–Kier alpha value is -4.82. The Morgan fingerprint density at radius 1 is 1.02 bits per heavy atom. The van der Waals surface area contributed by atoms with Gasteiger partial charge in [-0.2, -0.15) is 0 Å². The Kier molecular flexibility index (Phi) is 10.1. The molecule has 1 fully saturated rings. The molecule has 0 radical (unpaired) electrons. The van der Waals surface area contributed by atoms with Crippen LogP contribution >= 0.6 is 11.3 Å². The molecule has 0 atom stereocenters. The van der Waals surface area contributed by atoms with Gasteiger partial charge in [-0.15, -0.1) is 11.3 Å². The van der Waals surface area contributed by atoms with E-state index in [9.17, 15) is 9.59 Å². The normalized spacial score (nSPS) is 13.7. The second kappa shape index (κ2) is 14.7. The van der Waals surface area contributed by atoms with Crippen LogP contribution in [-0.4, -0.2) is 65.0 Å². The Bertz CT molecular complexity index is 2010.